The van der Waals surface area contributed by atoms with Gasteiger partial charge >= 0.3 is 12.1 Å². The van der Waals surface area contributed by atoms with E-state index >= 15 is 0 Å². The van der Waals surface area contributed by atoms with Crippen molar-refractivity contribution in [3.8, 4) is 0 Å². The molecule has 6 nitrogen and oxygen atoms in total. The number of urea groups is 2. The van der Waals surface area contributed by atoms with Gasteiger partial charge in [0.15, 0.2) is 0 Å². The molecule has 0 aliphatic heterocycles. The zero-order valence-corrected chi connectivity index (χ0v) is 21.0. The number of hydrogen-bond donors (Lipinski definition) is 4. The first-order valence-electron chi connectivity index (χ1n) is 14.6. The van der Waals surface area contributed by atoms with Crippen molar-refractivity contribution in [1.29, 1.82) is 0 Å². The van der Waals surface area contributed by atoms with Crippen LogP contribution in [0.3, 0.4) is 0 Å². The van der Waals surface area contributed by atoms with Gasteiger partial charge in [-0.15, -0.1) is 0 Å². The van der Waals surface area contributed by atoms with Gasteiger partial charge in [-0.05, 0) is 125 Å². The molecule has 0 unspecified atom stereocenters. The van der Waals surface area contributed by atoms with Crippen LogP contribution >= 0.6 is 0 Å². The highest BCUT2D eigenvalue weighted by atomic mass is 16.2. The van der Waals surface area contributed by atoms with Crippen LogP contribution in [0.5, 0.6) is 0 Å². The Morgan fingerprint density at radius 1 is 0.500 bits per heavy atom. The number of amides is 4. The third-order valence-electron chi connectivity index (χ3n) is 10.5. The summed E-state index contributed by atoms with van der Waals surface area (Å²) in [6.45, 7) is 1.50. The molecule has 8 saturated carbocycles. The van der Waals surface area contributed by atoms with Crippen molar-refractivity contribution in [2.24, 2.45) is 35.5 Å². The van der Waals surface area contributed by atoms with Gasteiger partial charge in [-0.2, -0.15) is 0 Å². The smallest absolute Gasteiger partial charge is 0.315 e. The molecule has 8 rings (SSSR count). The third kappa shape index (κ3) is 4.93. The summed E-state index contributed by atoms with van der Waals surface area (Å²) in [5, 5.41) is 13.0. The van der Waals surface area contributed by atoms with Gasteiger partial charge in [0.25, 0.3) is 0 Å². The summed E-state index contributed by atoms with van der Waals surface area (Å²) < 4.78 is 0. The zero-order chi connectivity index (χ0) is 23.2. The SMILES string of the molecule is O=C(NCCCCCCNC(=O)NC12CC3CC(CC(C3)C1)C2)NC12CC3CC(CC(C3)C1)C2. The normalized spacial score (nSPS) is 43.1. The van der Waals surface area contributed by atoms with Crippen LogP contribution in [0.25, 0.3) is 0 Å². The Hall–Kier alpha value is -1.46. The molecule has 8 aliphatic carbocycles. The molecule has 0 heterocycles. The quantitative estimate of drug-likeness (QED) is 0.354. The zero-order valence-electron chi connectivity index (χ0n) is 21.0. The van der Waals surface area contributed by atoms with Crippen molar-refractivity contribution in [1.82, 2.24) is 21.3 Å². The number of unbranched alkanes of at least 4 members (excludes halogenated alkanes) is 3. The van der Waals surface area contributed by atoms with Crippen molar-refractivity contribution in [2.75, 3.05) is 13.1 Å². The Balaban J connectivity index is 0.814. The predicted molar refractivity (Wildman–Crippen MR) is 133 cm³/mol. The minimum absolute atomic E-state index is 0.0463. The first-order valence-corrected chi connectivity index (χ1v) is 14.6. The average molecular weight is 471 g/mol. The Morgan fingerprint density at radius 2 is 0.794 bits per heavy atom. The van der Waals surface area contributed by atoms with Crippen molar-refractivity contribution >= 4 is 12.1 Å². The molecule has 0 atom stereocenters. The summed E-state index contributed by atoms with van der Waals surface area (Å²) in [5.41, 5.74) is 0.197. The van der Waals surface area contributed by atoms with Gasteiger partial charge in [-0.1, -0.05) is 12.8 Å². The summed E-state index contributed by atoms with van der Waals surface area (Å²) in [4.78, 5) is 25.0. The Morgan fingerprint density at radius 3 is 1.09 bits per heavy atom. The minimum atomic E-state index is 0.0463. The molecule has 0 saturated heterocycles. The van der Waals surface area contributed by atoms with Crippen LogP contribution < -0.4 is 21.3 Å². The fourth-order valence-electron chi connectivity index (χ4n) is 10.1. The lowest BCUT2D eigenvalue weighted by atomic mass is 9.53. The second kappa shape index (κ2) is 9.20. The van der Waals surface area contributed by atoms with Crippen LogP contribution in [0.4, 0.5) is 9.59 Å². The molecule has 8 aliphatic rings. The lowest BCUT2D eigenvalue weighted by Crippen LogP contribution is -2.61. The van der Waals surface area contributed by atoms with Crippen molar-refractivity contribution < 1.29 is 9.59 Å². The van der Waals surface area contributed by atoms with Crippen LogP contribution in [0.1, 0.15) is 103 Å². The maximum absolute atomic E-state index is 12.5. The molecule has 0 aromatic rings. The predicted octanol–water partition coefficient (Wildman–Crippen LogP) is 5.08. The average Bonchev–Trinajstić information content (AvgIpc) is 2.73. The molecule has 4 N–H and O–H groups in total. The van der Waals surface area contributed by atoms with E-state index in [0.29, 0.717) is 0 Å². The molecule has 0 spiro atoms. The van der Waals surface area contributed by atoms with E-state index in [1.54, 1.807) is 0 Å². The highest BCUT2D eigenvalue weighted by molar-refractivity contribution is 5.75. The standard InChI is InChI=1S/C28H46N4O2/c33-25(31-27-13-19-7-20(14-27)9-21(8-19)15-27)29-5-3-1-2-4-6-30-26(34)32-28-16-22-10-23(17-28)12-24(11-22)18-28/h19-24H,1-18H2,(H2,29,31,33)(H2,30,32,34). The lowest BCUT2D eigenvalue weighted by molar-refractivity contribution is -0.0138. The first kappa shape index (κ1) is 23.0. The van der Waals surface area contributed by atoms with E-state index in [1.165, 1.54) is 77.0 Å². The van der Waals surface area contributed by atoms with Gasteiger partial charge in [-0.3, -0.25) is 0 Å². The number of carbonyl (C=O) groups is 2. The number of hydrogen-bond acceptors (Lipinski definition) is 2. The molecule has 190 valence electrons. The van der Waals surface area contributed by atoms with Crippen molar-refractivity contribution in [3.05, 3.63) is 0 Å². The molecule has 8 bridgehead atoms. The highest BCUT2D eigenvalue weighted by Crippen LogP contribution is 2.56. The van der Waals surface area contributed by atoms with Crippen LogP contribution in [0, 0.1) is 35.5 Å². The second-order valence-corrected chi connectivity index (χ2v) is 13.6. The van der Waals surface area contributed by atoms with Crippen LogP contribution in [-0.2, 0) is 0 Å². The Kier molecular flexibility index (Phi) is 6.22. The summed E-state index contributed by atoms with van der Waals surface area (Å²) in [6.07, 6.45) is 19.9. The number of nitrogens with one attached hydrogen (secondary N) is 4. The summed E-state index contributed by atoms with van der Waals surface area (Å²) in [6, 6.07) is 0.0925. The first-order chi connectivity index (χ1) is 16.5. The molecule has 34 heavy (non-hydrogen) atoms. The molecule has 8 fully saturated rings. The largest absolute Gasteiger partial charge is 0.338 e. The minimum Gasteiger partial charge on any atom is -0.338 e. The molecule has 0 radical (unpaired) electrons. The maximum Gasteiger partial charge on any atom is 0.315 e. The molecular weight excluding hydrogens is 424 g/mol. The van der Waals surface area contributed by atoms with Gasteiger partial charge in [0.1, 0.15) is 0 Å². The van der Waals surface area contributed by atoms with Gasteiger partial charge in [-0.25, -0.2) is 9.59 Å². The highest BCUT2D eigenvalue weighted by Gasteiger charge is 2.52. The van der Waals surface area contributed by atoms with Gasteiger partial charge in [0, 0.05) is 24.2 Å². The summed E-state index contributed by atoms with van der Waals surface area (Å²) >= 11 is 0. The Labute approximate surface area is 205 Å². The second-order valence-electron chi connectivity index (χ2n) is 13.6. The molecule has 0 aromatic carbocycles. The molecular formula is C28H46N4O2. The van der Waals surface area contributed by atoms with E-state index in [-0.39, 0.29) is 23.1 Å². The third-order valence-corrected chi connectivity index (χ3v) is 10.5. The van der Waals surface area contributed by atoms with Gasteiger partial charge in [0.2, 0.25) is 0 Å². The Bertz CT molecular complexity index is 646. The molecule has 0 aromatic heterocycles. The van der Waals surface area contributed by atoms with E-state index < -0.39 is 0 Å². The monoisotopic (exact) mass is 470 g/mol. The van der Waals surface area contributed by atoms with Crippen molar-refractivity contribution in [3.63, 3.8) is 0 Å². The summed E-state index contributed by atoms with van der Waals surface area (Å²) in [5.74, 6) is 5.14. The maximum atomic E-state index is 12.5. The van der Waals surface area contributed by atoms with Crippen molar-refractivity contribution in [2.45, 2.75) is 114 Å². The van der Waals surface area contributed by atoms with E-state index in [2.05, 4.69) is 21.3 Å². The van der Waals surface area contributed by atoms with E-state index in [9.17, 15) is 9.59 Å². The topological polar surface area (TPSA) is 82.3 Å². The summed E-state index contributed by atoms with van der Waals surface area (Å²) in [7, 11) is 0. The van der Waals surface area contributed by atoms with Gasteiger partial charge in [0.05, 0.1) is 0 Å². The number of carbonyl (C=O) groups excluding carboxylic acids is 2. The lowest BCUT2D eigenvalue weighted by Gasteiger charge is -2.56. The van der Waals surface area contributed by atoms with E-state index in [1.807, 2.05) is 0 Å². The van der Waals surface area contributed by atoms with E-state index in [4.69, 9.17) is 0 Å². The molecule has 4 amide bonds. The van der Waals surface area contributed by atoms with Crippen LogP contribution in [0.2, 0.25) is 0 Å². The number of rotatable bonds is 9. The fourth-order valence-corrected chi connectivity index (χ4v) is 10.1. The van der Waals surface area contributed by atoms with E-state index in [0.717, 1.165) is 74.3 Å². The van der Waals surface area contributed by atoms with Crippen LogP contribution in [0.15, 0.2) is 0 Å². The fraction of sp³-hybridized carbons (Fsp3) is 0.929. The van der Waals surface area contributed by atoms with Gasteiger partial charge < -0.3 is 21.3 Å². The molecule has 6 heteroatoms. The van der Waals surface area contributed by atoms with Crippen LogP contribution in [-0.4, -0.2) is 36.2 Å².